The minimum Gasteiger partial charge on any atom is -0.322 e. The van der Waals surface area contributed by atoms with Gasteiger partial charge in [-0.15, -0.1) is 23.2 Å². The molecule has 0 heterocycles. The van der Waals surface area contributed by atoms with Crippen LogP contribution < -0.4 is 10.2 Å². The normalized spacial score (nSPS) is 11.9. The first-order chi connectivity index (χ1) is 5.12. The maximum Gasteiger partial charge on any atom is 0.338 e. The summed E-state index contributed by atoms with van der Waals surface area (Å²) >= 11 is 10.6. The molecule has 0 amide bonds. The molecule has 68 valence electrons. The van der Waals surface area contributed by atoms with Crippen LogP contribution in [-0.4, -0.2) is 29.7 Å². The lowest BCUT2D eigenvalue weighted by atomic mass is 10.8. The van der Waals surface area contributed by atoms with Crippen molar-refractivity contribution >= 4 is 30.9 Å². The van der Waals surface area contributed by atoms with E-state index < -0.39 is 7.67 Å². The summed E-state index contributed by atoms with van der Waals surface area (Å²) in [5, 5.41) is 4.71. The first kappa shape index (κ1) is 11.7. The first-order valence-corrected chi connectivity index (χ1v) is 5.80. The lowest BCUT2D eigenvalue weighted by Crippen LogP contribution is -2.24. The summed E-state index contributed by atoms with van der Waals surface area (Å²) in [5.74, 6) is 0.597. The predicted molar refractivity (Wildman–Crippen MR) is 47.3 cm³/mol. The van der Waals surface area contributed by atoms with Crippen molar-refractivity contribution in [2.45, 2.75) is 0 Å². The van der Waals surface area contributed by atoms with Crippen LogP contribution in [0.25, 0.3) is 0 Å². The second-order valence-corrected chi connectivity index (χ2v) is 4.31. The van der Waals surface area contributed by atoms with E-state index in [0.717, 1.165) is 0 Å². The molecule has 11 heavy (non-hydrogen) atoms. The van der Waals surface area contributed by atoms with Crippen molar-refractivity contribution < 1.29 is 9.46 Å². The van der Waals surface area contributed by atoms with Gasteiger partial charge in [0, 0.05) is 24.8 Å². The number of hydrogen-bond acceptors (Lipinski definition) is 1. The van der Waals surface area contributed by atoms with Crippen LogP contribution in [0.15, 0.2) is 0 Å². The van der Waals surface area contributed by atoms with Gasteiger partial charge in [0.2, 0.25) is 0 Å². The summed E-state index contributed by atoms with van der Waals surface area (Å²) in [6.07, 6.45) is 0. The molecule has 0 aliphatic carbocycles. The highest BCUT2D eigenvalue weighted by Crippen LogP contribution is 2.28. The fraction of sp³-hybridized carbons (Fsp3) is 1.00. The SMILES string of the molecule is O=P([17OH])(NCCCl)NCCCl. The van der Waals surface area contributed by atoms with E-state index in [4.69, 9.17) is 28.1 Å². The van der Waals surface area contributed by atoms with Crippen LogP contribution in [0, 0.1) is 0 Å². The third-order valence-electron chi connectivity index (χ3n) is 0.841. The zero-order valence-electron chi connectivity index (χ0n) is 5.89. The minimum absolute atomic E-state index is 0.296. The van der Waals surface area contributed by atoms with Crippen LogP contribution in [0.1, 0.15) is 0 Å². The van der Waals surface area contributed by atoms with Crippen LogP contribution in [0.4, 0.5) is 0 Å². The fourth-order valence-corrected chi connectivity index (χ4v) is 1.84. The summed E-state index contributed by atoms with van der Waals surface area (Å²) in [5.41, 5.74) is 0. The Morgan fingerprint density at radius 3 is 1.82 bits per heavy atom. The largest absolute Gasteiger partial charge is 0.338 e. The molecule has 3 N–H and O–H groups in total. The van der Waals surface area contributed by atoms with Crippen molar-refractivity contribution in [2.24, 2.45) is 0 Å². The van der Waals surface area contributed by atoms with Gasteiger partial charge >= 0.3 is 7.67 Å². The Morgan fingerprint density at radius 1 is 1.18 bits per heavy atom. The lowest BCUT2D eigenvalue weighted by Gasteiger charge is -2.11. The van der Waals surface area contributed by atoms with Crippen molar-refractivity contribution in [1.82, 2.24) is 10.2 Å². The van der Waals surface area contributed by atoms with Gasteiger partial charge in [0.25, 0.3) is 0 Å². The monoisotopic (exact) mass is 221 g/mol. The molecule has 0 aromatic carbocycles. The molecule has 0 aliphatic heterocycles. The molecule has 0 fully saturated rings. The zero-order chi connectivity index (χ0) is 8.74. The molecule has 7 heteroatoms. The number of hydrogen-bond donors (Lipinski definition) is 3. The van der Waals surface area contributed by atoms with Crippen LogP contribution in [0.2, 0.25) is 0 Å². The van der Waals surface area contributed by atoms with E-state index in [1.165, 1.54) is 0 Å². The molecule has 0 bridgehead atoms. The maximum absolute atomic E-state index is 10.9. The summed E-state index contributed by atoms with van der Waals surface area (Å²) < 4.78 is 10.9. The van der Waals surface area contributed by atoms with Crippen molar-refractivity contribution in [3.05, 3.63) is 0 Å². The average molecular weight is 222 g/mol. The molecule has 0 saturated carbocycles. The van der Waals surface area contributed by atoms with Crippen molar-refractivity contribution in [3.8, 4) is 0 Å². The molecule has 0 atom stereocenters. The maximum atomic E-state index is 10.9. The summed E-state index contributed by atoms with van der Waals surface area (Å²) in [4.78, 5) is 8.99. The van der Waals surface area contributed by atoms with E-state index in [2.05, 4.69) is 10.2 Å². The predicted octanol–water partition coefficient (Wildman–Crippen LogP) is 0.744. The van der Waals surface area contributed by atoms with Crippen LogP contribution in [0.3, 0.4) is 0 Å². The average Bonchev–Trinajstić information content (AvgIpc) is 1.97. The Labute approximate surface area is 75.8 Å². The number of nitrogens with one attached hydrogen (secondary N) is 2. The van der Waals surface area contributed by atoms with Gasteiger partial charge in [-0.25, -0.2) is 10.2 Å². The van der Waals surface area contributed by atoms with Crippen molar-refractivity contribution in [3.63, 3.8) is 0 Å². The van der Waals surface area contributed by atoms with Gasteiger partial charge in [-0.2, -0.15) is 0 Å². The quantitative estimate of drug-likeness (QED) is 0.458. The van der Waals surface area contributed by atoms with Gasteiger partial charge in [-0.1, -0.05) is 0 Å². The number of rotatable bonds is 6. The molecule has 0 aromatic rings. The minimum atomic E-state index is -3.39. The zero-order valence-corrected chi connectivity index (χ0v) is 8.29. The van der Waals surface area contributed by atoms with Crippen LogP contribution in [0.5, 0.6) is 0 Å². The molecule has 0 spiro atoms. The van der Waals surface area contributed by atoms with E-state index in [9.17, 15) is 4.57 Å². The summed E-state index contributed by atoms with van der Waals surface area (Å²) in [7, 11) is -3.39. The topological polar surface area (TPSA) is 61.4 Å². The van der Waals surface area contributed by atoms with Gasteiger partial charge in [0.1, 0.15) is 0 Å². The molecule has 0 aliphatic rings. The molecule has 4 nitrogen and oxygen atoms in total. The highest BCUT2D eigenvalue weighted by Gasteiger charge is 2.14. The third kappa shape index (κ3) is 7.06. The Kier molecular flexibility index (Phi) is 6.62. The molecular formula is C4H11Cl2N2O2P. The molecular weight excluding hydrogens is 211 g/mol. The van der Waals surface area contributed by atoms with Gasteiger partial charge < -0.3 is 4.89 Å². The Morgan fingerprint density at radius 2 is 1.55 bits per heavy atom. The van der Waals surface area contributed by atoms with Crippen LogP contribution >= 0.6 is 30.9 Å². The molecule has 0 radical (unpaired) electrons. The van der Waals surface area contributed by atoms with Gasteiger partial charge in [0.15, 0.2) is 0 Å². The third-order valence-corrected chi connectivity index (χ3v) is 2.52. The summed E-state index contributed by atoms with van der Waals surface area (Å²) in [6.45, 7) is 0.592. The Balaban J connectivity index is 3.53. The Hall–Kier alpha value is 0.690. The van der Waals surface area contributed by atoms with Crippen LogP contribution in [-0.2, 0) is 4.57 Å². The van der Waals surface area contributed by atoms with Crippen molar-refractivity contribution in [2.75, 3.05) is 24.8 Å². The molecule has 0 unspecified atom stereocenters. The number of alkyl halides is 2. The molecule has 0 saturated heterocycles. The van der Waals surface area contributed by atoms with E-state index in [1.807, 2.05) is 0 Å². The van der Waals surface area contributed by atoms with E-state index in [-0.39, 0.29) is 0 Å². The number of halogens is 2. The van der Waals surface area contributed by atoms with Crippen molar-refractivity contribution in [1.29, 1.82) is 0 Å². The highest BCUT2D eigenvalue weighted by atomic mass is 35.5. The van der Waals surface area contributed by atoms with E-state index in [0.29, 0.717) is 24.8 Å². The highest BCUT2D eigenvalue weighted by molar-refractivity contribution is 7.53. The standard InChI is InChI=1S/C4H11Cl2N2O2P/c5-1-3-7-11(9,10)8-4-2-6/h1-4H2,(H3,7,8,9,10)/i9+1. The second kappa shape index (κ2) is 6.23. The van der Waals surface area contributed by atoms with E-state index >= 15 is 0 Å². The van der Waals surface area contributed by atoms with Gasteiger partial charge in [0.05, 0.1) is 0 Å². The Bertz CT molecular complexity index is 134. The summed E-state index contributed by atoms with van der Waals surface area (Å²) in [6, 6.07) is 0. The first-order valence-electron chi connectivity index (χ1n) is 3.07. The lowest BCUT2D eigenvalue weighted by molar-refractivity contribution is 0.451. The van der Waals surface area contributed by atoms with E-state index in [1.54, 1.807) is 0 Å². The molecule has 0 rings (SSSR count). The molecule has 0 aromatic heterocycles. The smallest absolute Gasteiger partial charge is 0.322 e. The fourth-order valence-electron chi connectivity index (χ4n) is 0.444. The van der Waals surface area contributed by atoms with Gasteiger partial charge in [-0.05, 0) is 0 Å². The van der Waals surface area contributed by atoms with Gasteiger partial charge in [-0.3, -0.25) is 4.57 Å². The second-order valence-electron chi connectivity index (χ2n) is 1.77.